The number of aromatic amines is 1. The molecule has 0 spiro atoms. The van der Waals surface area contributed by atoms with E-state index in [1.165, 1.54) is 0 Å². The molecule has 0 saturated carbocycles. The van der Waals surface area contributed by atoms with Crippen LogP contribution >= 0.6 is 0 Å². The van der Waals surface area contributed by atoms with Crippen molar-refractivity contribution in [1.29, 1.82) is 0 Å². The van der Waals surface area contributed by atoms with E-state index in [1.54, 1.807) is 6.20 Å². The van der Waals surface area contributed by atoms with Gasteiger partial charge in [-0.15, -0.1) is 0 Å². The molecule has 0 unspecified atom stereocenters. The smallest absolute Gasteiger partial charge is 0.356 e. The molecule has 0 aliphatic rings. The first-order valence-corrected chi connectivity index (χ1v) is 5.49. The number of nitrogens with one attached hydrogen (secondary N) is 1. The maximum atomic E-state index is 11.4. The van der Waals surface area contributed by atoms with Gasteiger partial charge in [-0.2, -0.15) is 0 Å². The Balaban J connectivity index is 2.43. The van der Waals surface area contributed by atoms with E-state index in [1.807, 2.05) is 0 Å². The Kier molecular flexibility index (Phi) is 4.87. The minimum Gasteiger partial charge on any atom is -0.461 e. The molecule has 4 heteroatoms. The highest BCUT2D eigenvalue weighted by atomic mass is 16.5. The number of aromatic nitrogens is 2. The van der Waals surface area contributed by atoms with Crippen LogP contribution in [0.5, 0.6) is 0 Å². The number of ether oxygens (including phenoxy) is 1. The second-order valence-electron chi connectivity index (χ2n) is 3.48. The van der Waals surface area contributed by atoms with Gasteiger partial charge >= 0.3 is 5.97 Å². The molecule has 1 N–H and O–H groups in total. The van der Waals surface area contributed by atoms with E-state index in [-0.39, 0.29) is 5.97 Å². The van der Waals surface area contributed by atoms with Gasteiger partial charge in [0, 0.05) is 6.42 Å². The quantitative estimate of drug-likeness (QED) is 0.579. The number of nitrogens with zero attached hydrogens (tertiary/aromatic N) is 1. The van der Waals surface area contributed by atoms with E-state index >= 15 is 0 Å². The lowest BCUT2D eigenvalue weighted by Gasteiger charge is -2.00. The average molecular weight is 210 g/mol. The van der Waals surface area contributed by atoms with Crippen molar-refractivity contribution in [1.82, 2.24) is 9.97 Å². The SMILES string of the molecule is CCCCOC(=O)c1cnc(CCC)[nH]1. The molecular weight excluding hydrogens is 192 g/mol. The van der Waals surface area contributed by atoms with E-state index in [0.717, 1.165) is 31.5 Å². The van der Waals surface area contributed by atoms with Crippen LogP contribution in [0.1, 0.15) is 49.4 Å². The highest BCUT2D eigenvalue weighted by molar-refractivity contribution is 5.86. The molecule has 1 rings (SSSR count). The van der Waals surface area contributed by atoms with Gasteiger partial charge in [0.25, 0.3) is 0 Å². The van der Waals surface area contributed by atoms with E-state index in [4.69, 9.17) is 4.74 Å². The lowest BCUT2D eigenvalue weighted by molar-refractivity contribution is 0.0493. The number of rotatable bonds is 6. The first kappa shape index (κ1) is 11.8. The van der Waals surface area contributed by atoms with Crippen molar-refractivity contribution in [3.05, 3.63) is 17.7 Å². The summed E-state index contributed by atoms with van der Waals surface area (Å²) < 4.78 is 5.05. The molecule has 0 aromatic carbocycles. The number of aryl methyl sites for hydroxylation is 1. The van der Waals surface area contributed by atoms with Crippen LogP contribution in [0.15, 0.2) is 6.20 Å². The average Bonchev–Trinajstić information content (AvgIpc) is 2.67. The van der Waals surface area contributed by atoms with Crippen LogP contribution < -0.4 is 0 Å². The van der Waals surface area contributed by atoms with Crippen molar-refractivity contribution in [3.8, 4) is 0 Å². The molecule has 0 aliphatic heterocycles. The summed E-state index contributed by atoms with van der Waals surface area (Å²) in [6, 6.07) is 0. The first-order valence-electron chi connectivity index (χ1n) is 5.49. The fourth-order valence-electron chi connectivity index (χ4n) is 1.22. The highest BCUT2D eigenvalue weighted by Crippen LogP contribution is 2.02. The molecule has 4 nitrogen and oxygen atoms in total. The fourth-order valence-corrected chi connectivity index (χ4v) is 1.22. The summed E-state index contributed by atoms with van der Waals surface area (Å²) in [6.45, 7) is 4.61. The summed E-state index contributed by atoms with van der Waals surface area (Å²) >= 11 is 0. The summed E-state index contributed by atoms with van der Waals surface area (Å²) in [7, 11) is 0. The predicted molar refractivity (Wildman–Crippen MR) is 57.8 cm³/mol. The lowest BCUT2D eigenvalue weighted by Crippen LogP contribution is -2.06. The van der Waals surface area contributed by atoms with Crippen molar-refractivity contribution in [2.45, 2.75) is 39.5 Å². The third-order valence-electron chi connectivity index (χ3n) is 2.07. The molecule has 0 saturated heterocycles. The molecule has 0 aliphatic carbocycles. The molecule has 1 aromatic heterocycles. The molecule has 1 aromatic rings. The molecule has 84 valence electrons. The standard InChI is InChI=1S/C11H18N2O2/c1-3-5-7-15-11(14)9-8-12-10(13-9)6-4-2/h8H,3-7H2,1-2H3,(H,12,13). The van der Waals surface area contributed by atoms with Crippen LogP contribution in [0.4, 0.5) is 0 Å². The van der Waals surface area contributed by atoms with Crippen molar-refractivity contribution in [2.24, 2.45) is 0 Å². The molecule has 1 heterocycles. The number of carbonyl (C=O) groups is 1. The van der Waals surface area contributed by atoms with Crippen LogP contribution in [0.3, 0.4) is 0 Å². The lowest BCUT2D eigenvalue weighted by atomic mass is 10.3. The minimum absolute atomic E-state index is 0.307. The topological polar surface area (TPSA) is 55.0 Å². The third-order valence-corrected chi connectivity index (χ3v) is 2.07. The Hall–Kier alpha value is -1.32. The number of unbranched alkanes of at least 4 members (excludes halogenated alkanes) is 1. The molecule has 15 heavy (non-hydrogen) atoms. The van der Waals surface area contributed by atoms with Gasteiger partial charge < -0.3 is 9.72 Å². The predicted octanol–water partition coefficient (Wildman–Crippen LogP) is 2.32. The van der Waals surface area contributed by atoms with E-state index in [0.29, 0.717) is 12.3 Å². The van der Waals surface area contributed by atoms with Gasteiger partial charge in [0.1, 0.15) is 11.5 Å². The normalized spacial score (nSPS) is 10.3. The van der Waals surface area contributed by atoms with Gasteiger partial charge in [0.15, 0.2) is 0 Å². The van der Waals surface area contributed by atoms with Crippen LogP contribution in [-0.2, 0) is 11.2 Å². The number of carbonyl (C=O) groups excluding carboxylic acids is 1. The van der Waals surface area contributed by atoms with Gasteiger partial charge in [-0.3, -0.25) is 0 Å². The maximum absolute atomic E-state index is 11.4. The molecule has 0 radical (unpaired) electrons. The zero-order valence-corrected chi connectivity index (χ0v) is 9.38. The number of hydrogen-bond donors (Lipinski definition) is 1. The largest absolute Gasteiger partial charge is 0.461 e. The van der Waals surface area contributed by atoms with Gasteiger partial charge in [0.05, 0.1) is 12.8 Å². The second kappa shape index (κ2) is 6.22. The summed E-state index contributed by atoms with van der Waals surface area (Å²) in [4.78, 5) is 18.5. The van der Waals surface area contributed by atoms with Crippen LogP contribution in [0, 0.1) is 0 Å². The van der Waals surface area contributed by atoms with Crippen molar-refractivity contribution >= 4 is 5.97 Å². The second-order valence-corrected chi connectivity index (χ2v) is 3.48. The highest BCUT2D eigenvalue weighted by Gasteiger charge is 2.09. The molecule has 0 atom stereocenters. The monoisotopic (exact) mass is 210 g/mol. The zero-order valence-electron chi connectivity index (χ0n) is 9.38. The summed E-state index contributed by atoms with van der Waals surface area (Å²) in [5.41, 5.74) is 0.453. The summed E-state index contributed by atoms with van der Waals surface area (Å²) in [6.07, 6.45) is 5.35. The molecule has 0 bridgehead atoms. The van der Waals surface area contributed by atoms with Crippen LogP contribution in [0.25, 0.3) is 0 Å². The Labute approximate surface area is 90.1 Å². The van der Waals surface area contributed by atoms with E-state index in [9.17, 15) is 4.79 Å². The van der Waals surface area contributed by atoms with Crippen molar-refractivity contribution in [3.63, 3.8) is 0 Å². The number of H-pyrrole nitrogens is 1. The molecule has 0 amide bonds. The van der Waals surface area contributed by atoms with Gasteiger partial charge in [-0.05, 0) is 12.8 Å². The number of esters is 1. The Morgan fingerprint density at radius 1 is 1.47 bits per heavy atom. The van der Waals surface area contributed by atoms with E-state index < -0.39 is 0 Å². The molecule has 0 fully saturated rings. The number of imidazole rings is 1. The fraction of sp³-hybridized carbons (Fsp3) is 0.636. The van der Waals surface area contributed by atoms with Crippen molar-refractivity contribution in [2.75, 3.05) is 6.61 Å². The van der Waals surface area contributed by atoms with Gasteiger partial charge in [-0.25, -0.2) is 9.78 Å². The maximum Gasteiger partial charge on any atom is 0.356 e. The zero-order chi connectivity index (χ0) is 11.1. The van der Waals surface area contributed by atoms with Crippen molar-refractivity contribution < 1.29 is 9.53 Å². The summed E-state index contributed by atoms with van der Waals surface area (Å²) in [5, 5.41) is 0. The third kappa shape index (κ3) is 3.73. The van der Waals surface area contributed by atoms with E-state index in [2.05, 4.69) is 23.8 Å². The Morgan fingerprint density at radius 3 is 2.93 bits per heavy atom. The first-order chi connectivity index (χ1) is 7.27. The van der Waals surface area contributed by atoms with Crippen LogP contribution in [0.2, 0.25) is 0 Å². The molecular formula is C11H18N2O2. The Morgan fingerprint density at radius 2 is 2.27 bits per heavy atom. The summed E-state index contributed by atoms with van der Waals surface area (Å²) in [5.74, 6) is 0.540. The van der Waals surface area contributed by atoms with Gasteiger partial charge in [0.2, 0.25) is 0 Å². The number of hydrogen-bond acceptors (Lipinski definition) is 3. The Bertz CT molecular complexity index is 307. The van der Waals surface area contributed by atoms with Crippen LogP contribution in [-0.4, -0.2) is 22.5 Å². The van der Waals surface area contributed by atoms with Gasteiger partial charge in [-0.1, -0.05) is 20.3 Å². The minimum atomic E-state index is -0.307.